The molecule has 0 spiro atoms. The average molecular weight is 471 g/mol. The normalized spacial score (nSPS) is 20.4. The Labute approximate surface area is 206 Å². The summed E-state index contributed by atoms with van der Waals surface area (Å²) in [6, 6.07) is 0. The summed E-state index contributed by atoms with van der Waals surface area (Å²) in [6.07, 6.45) is 24.9. The molecule has 2 unspecified atom stereocenters. The highest BCUT2D eigenvalue weighted by molar-refractivity contribution is 4.80. The number of rotatable bonds is 24. The topological polar surface area (TPSA) is 58.9 Å². The van der Waals surface area contributed by atoms with E-state index < -0.39 is 0 Å². The van der Waals surface area contributed by atoms with Gasteiger partial charge in [0, 0.05) is 0 Å². The summed E-state index contributed by atoms with van der Waals surface area (Å²) in [6.45, 7) is 5.35. The van der Waals surface area contributed by atoms with Crippen molar-refractivity contribution in [1.29, 1.82) is 0 Å². The summed E-state index contributed by atoms with van der Waals surface area (Å²) in [5, 5.41) is 20.6. The number of hydrogen-bond donors (Lipinski definition) is 2. The van der Waals surface area contributed by atoms with Crippen LogP contribution >= 0.6 is 0 Å². The zero-order valence-electron chi connectivity index (χ0n) is 22.3. The maximum atomic E-state index is 10.3. The van der Waals surface area contributed by atoms with E-state index in [4.69, 9.17) is 9.47 Å². The molecule has 1 saturated carbocycles. The highest BCUT2D eigenvalue weighted by atomic mass is 16.5. The van der Waals surface area contributed by atoms with Gasteiger partial charge < -0.3 is 19.7 Å². The van der Waals surface area contributed by atoms with Crippen molar-refractivity contribution in [2.75, 3.05) is 13.2 Å². The van der Waals surface area contributed by atoms with Crippen molar-refractivity contribution in [2.45, 2.75) is 173 Å². The van der Waals surface area contributed by atoms with Gasteiger partial charge in [-0.25, -0.2) is 0 Å². The van der Waals surface area contributed by atoms with E-state index in [0.717, 1.165) is 44.9 Å². The number of aliphatic hydroxyl groups is 2. The van der Waals surface area contributed by atoms with Gasteiger partial charge in [-0.15, -0.1) is 0 Å². The standard InChI is InChI=1S/C29H58O4/c1-3-5-7-9-11-13-15-17-20-26(30)24-32-28-22-19-23-29(28)33-25-27(31)21-18-16-14-12-10-8-6-4-2/h26-31H,3-25H2,1-2H3/t26-,27-,28?,29?/m1/s1. The highest BCUT2D eigenvalue weighted by Gasteiger charge is 2.29. The van der Waals surface area contributed by atoms with Gasteiger partial charge in [-0.2, -0.15) is 0 Å². The summed E-state index contributed by atoms with van der Waals surface area (Å²) in [7, 11) is 0. The van der Waals surface area contributed by atoms with Gasteiger partial charge in [-0.1, -0.05) is 117 Å². The van der Waals surface area contributed by atoms with Gasteiger partial charge in [0.1, 0.15) is 0 Å². The van der Waals surface area contributed by atoms with E-state index in [-0.39, 0.29) is 24.4 Å². The third-order valence-corrected chi connectivity index (χ3v) is 7.18. The van der Waals surface area contributed by atoms with Crippen molar-refractivity contribution in [3.63, 3.8) is 0 Å². The quantitative estimate of drug-likeness (QED) is 0.142. The molecule has 0 aromatic rings. The molecule has 4 heteroatoms. The van der Waals surface area contributed by atoms with Gasteiger partial charge in [0.15, 0.2) is 0 Å². The highest BCUT2D eigenvalue weighted by Crippen LogP contribution is 2.26. The fourth-order valence-electron chi connectivity index (χ4n) is 4.94. The van der Waals surface area contributed by atoms with E-state index in [9.17, 15) is 10.2 Å². The molecule has 0 saturated heterocycles. The van der Waals surface area contributed by atoms with Gasteiger partial charge in [-0.05, 0) is 32.1 Å². The maximum absolute atomic E-state index is 10.3. The molecular weight excluding hydrogens is 412 g/mol. The lowest BCUT2D eigenvalue weighted by Crippen LogP contribution is -2.32. The molecule has 4 nitrogen and oxygen atoms in total. The number of ether oxygens (including phenoxy) is 2. The van der Waals surface area contributed by atoms with Crippen LogP contribution < -0.4 is 0 Å². The van der Waals surface area contributed by atoms with Gasteiger partial charge >= 0.3 is 0 Å². The lowest BCUT2D eigenvalue weighted by molar-refractivity contribution is -0.0939. The Morgan fingerprint density at radius 2 is 0.879 bits per heavy atom. The molecule has 0 heterocycles. The van der Waals surface area contributed by atoms with Gasteiger partial charge in [0.05, 0.1) is 37.6 Å². The number of unbranched alkanes of at least 4 members (excludes halogenated alkanes) is 14. The van der Waals surface area contributed by atoms with Crippen LogP contribution in [0.15, 0.2) is 0 Å². The summed E-state index contributed by atoms with van der Waals surface area (Å²) in [5.41, 5.74) is 0. The molecule has 33 heavy (non-hydrogen) atoms. The van der Waals surface area contributed by atoms with Crippen LogP contribution in [0.3, 0.4) is 0 Å². The molecule has 2 N–H and O–H groups in total. The van der Waals surface area contributed by atoms with Crippen LogP contribution in [-0.2, 0) is 9.47 Å². The van der Waals surface area contributed by atoms with Crippen LogP contribution in [0, 0.1) is 0 Å². The molecule has 4 atom stereocenters. The Kier molecular flexibility index (Phi) is 20.9. The van der Waals surface area contributed by atoms with Crippen molar-refractivity contribution in [3.05, 3.63) is 0 Å². The first-order valence-electron chi connectivity index (χ1n) is 14.8. The monoisotopic (exact) mass is 470 g/mol. The van der Waals surface area contributed by atoms with Crippen molar-refractivity contribution >= 4 is 0 Å². The van der Waals surface area contributed by atoms with E-state index in [0.29, 0.717) is 13.2 Å². The zero-order valence-corrected chi connectivity index (χ0v) is 22.3. The number of aliphatic hydroxyl groups excluding tert-OH is 2. The molecule has 0 aromatic carbocycles. The molecule has 0 bridgehead atoms. The van der Waals surface area contributed by atoms with Gasteiger partial charge in [0.2, 0.25) is 0 Å². The predicted octanol–water partition coefficient (Wildman–Crippen LogP) is 7.72. The van der Waals surface area contributed by atoms with Gasteiger partial charge in [0.25, 0.3) is 0 Å². The SMILES string of the molecule is CCCCCCCCCC[C@@H](O)COC1CCCC1OC[C@H](O)CCCCCCCCCC. The minimum atomic E-state index is -0.362. The van der Waals surface area contributed by atoms with Crippen LogP contribution in [0.5, 0.6) is 0 Å². The summed E-state index contributed by atoms with van der Waals surface area (Å²) in [4.78, 5) is 0. The van der Waals surface area contributed by atoms with Crippen LogP contribution in [0.25, 0.3) is 0 Å². The molecule has 1 aliphatic carbocycles. The van der Waals surface area contributed by atoms with E-state index in [1.807, 2.05) is 0 Å². The molecule has 1 rings (SSSR count). The van der Waals surface area contributed by atoms with E-state index in [1.165, 1.54) is 89.9 Å². The van der Waals surface area contributed by atoms with Gasteiger partial charge in [-0.3, -0.25) is 0 Å². The molecular formula is C29H58O4. The molecule has 0 aromatic heterocycles. The lowest BCUT2D eigenvalue weighted by atomic mass is 10.1. The summed E-state index contributed by atoms with van der Waals surface area (Å²) >= 11 is 0. The Morgan fingerprint density at radius 3 is 1.24 bits per heavy atom. The molecule has 198 valence electrons. The van der Waals surface area contributed by atoms with Crippen LogP contribution in [0.1, 0.15) is 149 Å². The Bertz CT molecular complexity index is 367. The minimum absolute atomic E-state index is 0.0773. The smallest absolute Gasteiger partial charge is 0.0838 e. The largest absolute Gasteiger partial charge is 0.391 e. The van der Waals surface area contributed by atoms with Crippen molar-refractivity contribution < 1.29 is 19.7 Å². The third kappa shape index (κ3) is 17.9. The Balaban J connectivity index is 2.00. The molecule has 1 aliphatic rings. The second-order valence-corrected chi connectivity index (χ2v) is 10.5. The zero-order chi connectivity index (χ0) is 24.0. The Morgan fingerprint density at radius 1 is 0.545 bits per heavy atom. The predicted molar refractivity (Wildman–Crippen MR) is 140 cm³/mol. The molecule has 0 amide bonds. The fourth-order valence-corrected chi connectivity index (χ4v) is 4.94. The van der Waals surface area contributed by atoms with Crippen LogP contribution in [-0.4, -0.2) is 47.8 Å². The Hall–Kier alpha value is -0.160. The van der Waals surface area contributed by atoms with Crippen molar-refractivity contribution in [2.24, 2.45) is 0 Å². The third-order valence-electron chi connectivity index (χ3n) is 7.18. The van der Waals surface area contributed by atoms with Crippen molar-refractivity contribution in [3.8, 4) is 0 Å². The van der Waals surface area contributed by atoms with E-state index in [2.05, 4.69) is 13.8 Å². The minimum Gasteiger partial charge on any atom is -0.391 e. The lowest BCUT2D eigenvalue weighted by Gasteiger charge is -2.23. The van der Waals surface area contributed by atoms with E-state index in [1.54, 1.807) is 0 Å². The fraction of sp³-hybridized carbons (Fsp3) is 1.00. The van der Waals surface area contributed by atoms with Crippen molar-refractivity contribution in [1.82, 2.24) is 0 Å². The van der Waals surface area contributed by atoms with E-state index >= 15 is 0 Å². The van der Waals surface area contributed by atoms with Crippen LogP contribution in [0.2, 0.25) is 0 Å². The summed E-state index contributed by atoms with van der Waals surface area (Å²) in [5.74, 6) is 0. The average Bonchev–Trinajstić information content (AvgIpc) is 3.27. The molecule has 0 aliphatic heterocycles. The maximum Gasteiger partial charge on any atom is 0.0838 e. The molecule has 0 radical (unpaired) electrons. The van der Waals surface area contributed by atoms with Crippen LogP contribution in [0.4, 0.5) is 0 Å². The number of hydrogen-bond acceptors (Lipinski definition) is 4. The second-order valence-electron chi connectivity index (χ2n) is 10.5. The first-order chi connectivity index (χ1) is 16.2. The second kappa shape index (κ2) is 22.3. The summed E-state index contributed by atoms with van der Waals surface area (Å²) < 4.78 is 12.1. The first kappa shape index (κ1) is 30.9. The molecule has 1 fully saturated rings. The first-order valence-corrected chi connectivity index (χ1v) is 14.8.